The summed E-state index contributed by atoms with van der Waals surface area (Å²) in [5.74, 6) is 3.56. The van der Waals surface area contributed by atoms with Gasteiger partial charge in [-0.1, -0.05) is 18.2 Å². The number of para-hydroxylation sites is 1. The summed E-state index contributed by atoms with van der Waals surface area (Å²) in [4.78, 5) is 16.2. The molecule has 0 N–H and O–H groups in total. The molecule has 0 saturated carbocycles. The van der Waals surface area contributed by atoms with Gasteiger partial charge in [0.2, 0.25) is 5.91 Å². The minimum Gasteiger partial charge on any atom is -0.496 e. The maximum Gasteiger partial charge on any atom is 0.219 e. The number of aromatic nitrogens is 3. The van der Waals surface area contributed by atoms with Crippen LogP contribution < -0.4 is 4.74 Å². The second-order valence-corrected chi connectivity index (χ2v) is 8.22. The lowest BCUT2D eigenvalue weighted by molar-refractivity contribution is -0.130. The molecule has 1 aromatic carbocycles. The average Bonchev–Trinajstić information content (AvgIpc) is 3.03. The van der Waals surface area contributed by atoms with Gasteiger partial charge in [0.25, 0.3) is 0 Å². The van der Waals surface area contributed by atoms with Gasteiger partial charge in [0, 0.05) is 64.1 Å². The van der Waals surface area contributed by atoms with Gasteiger partial charge in [-0.25, -0.2) is 0 Å². The van der Waals surface area contributed by atoms with E-state index in [0.29, 0.717) is 0 Å². The molecule has 1 saturated heterocycles. The third-order valence-corrected chi connectivity index (χ3v) is 6.27. The molecule has 1 aromatic heterocycles. The average molecular weight is 398 g/mol. The van der Waals surface area contributed by atoms with Gasteiger partial charge >= 0.3 is 0 Å². The van der Waals surface area contributed by atoms with Crippen molar-refractivity contribution in [3.05, 3.63) is 41.0 Å². The highest BCUT2D eigenvalue weighted by molar-refractivity contribution is 5.73. The summed E-state index contributed by atoms with van der Waals surface area (Å²) in [5, 5.41) is 9.05. The van der Waals surface area contributed by atoms with Gasteiger partial charge in [0.15, 0.2) is 0 Å². The number of carbonyl (C=O) groups excluding carboxylic acids is 1. The molecule has 29 heavy (non-hydrogen) atoms. The van der Waals surface area contributed by atoms with Crippen LogP contribution in [0.2, 0.25) is 0 Å². The SMILES string of the molecule is COc1c(C)cccc1CN1CCc2nnc(C3CCCN(C(C)=O)C3)n2CC1. The first-order valence-corrected chi connectivity index (χ1v) is 10.6. The number of ether oxygens (including phenoxy) is 1. The number of hydrogen-bond acceptors (Lipinski definition) is 5. The van der Waals surface area contributed by atoms with Gasteiger partial charge in [-0.15, -0.1) is 10.2 Å². The normalized spacial score (nSPS) is 20.2. The standard InChI is InChI=1S/C22H31N5O2/c1-16-6-4-7-18(21(16)29-3)14-25-11-9-20-23-24-22(27(20)13-12-25)19-8-5-10-26(15-19)17(2)28/h4,6-7,19H,5,8-15H2,1-3H3. The number of amides is 1. The third-order valence-electron chi connectivity index (χ3n) is 6.27. The summed E-state index contributed by atoms with van der Waals surface area (Å²) in [5.41, 5.74) is 2.40. The lowest BCUT2D eigenvalue weighted by atomic mass is 9.97. The summed E-state index contributed by atoms with van der Waals surface area (Å²) in [6.07, 6.45) is 3.00. The number of methoxy groups -OCH3 is 1. The highest BCUT2D eigenvalue weighted by atomic mass is 16.5. The zero-order chi connectivity index (χ0) is 20.4. The number of piperidine rings is 1. The number of hydrogen-bond donors (Lipinski definition) is 0. The third kappa shape index (κ3) is 4.15. The Kier molecular flexibility index (Phi) is 5.85. The van der Waals surface area contributed by atoms with E-state index < -0.39 is 0 Å². The molecule has 0 bridgehead atoms. The number of benzene rings is 1. The van der Waals surface area contributed by atoms with Gasteiger partial charge in [-0.3, -0.25) is 9.69 Å². The lowest BCUT2D eigenvalue weighted by Crippen LogP contribution is -2.38. The Morgan fingerprint density at radius 1 is 1.21 bits per heavy atom. The summed E-state index contributed by atoms with van der Waals surface area (Å²) in [6.45, 7) is 9.05. The Bertz CT molecular complexity index is 878. The van der Waals surface area contributed by atoms with Crippen molar-refractivity contribution in [3.8, 4) is 5.75 Å². The molecule has 1 atom stereocenters. The molecule has 7 nitrogen and oxygen atoms in total. The van der Waals surface area contributed by atoms with E-state index >= 15 is 0 Å². The van der Waals surface area contributed by atoms with Crippen LogP contribution in [-0.2, 0) is 24.3 Å². The van der Waals surface area contributed by atoms with E-state index in [1.165, 1.54) is 11.1 Å². The Hall–Kier alpha value is -2.41. The first-order valence-electron chi connectivity index (χ1n) is 10.6. The molecule has 2 aliphatic rings. The predicted molar refractivity (Wildman–Crippen MR) is 111 cm³/mol. The monoisotopic (exact) mass is 397 g/mol. The van der Waals surface area contributed by atoms with Crippen LogP contribution in [0.15, 0.2) is 18.2 Å². The highest BCUT2D eigenvalue weighted by Crippen LogP contribution is 2.28. The molecule has 1 unspecified atom stereocenters. The molecule has 3 heterocycles. The van der Waals surface area contributed by atoms with Crippen LogP contribution >= 0.6 is 0 Å². The van der Waals surface area contributed by atoms with Gasteiger partial charge in [-0.05, 0) is 25.3 Å². The number of likely N-dealkylation sites (tertiary alicyclic amines) is 1. The van der Waals surface area contributed by atoms with Crippen LogP contribution in [0, 0.1) is 6.92 Å². The minimum atomic E-state index is 0.156. The number of rotatable bonds is 4. The van der Waals surface area contributed by atoms with E-state index in [1.807, 2.05) is 4.90 Å². The molecular formula is C22H31N5O2. The molecule has 0 radical (unpaired) electrons. The first-order chi connectivity index (χ1) is 14.1. The van der Waals surface area contributed by atoms with Crippen molar-refractivity contribution >= 4 is 5.91 Å². The molecule has 156 valence electrons. The van der Waals surface area contributed by atoms with Gasteiger partial charge in [-0.2, -0.15) is 0 Å². The second kappa shape index (κ2) is 8.53. The summed E-state index contributed by atoms with van der Waals surface area (Å²) < 4.78 is 7.94. The Labute approximate surface area is 172 Å². The molecule has 2 aromatic rings. The van der Waals surface area contributed by atoms with Crippen molar-refractivity contribution in [3.63, 3.8) is 0 Å². The number of fused-ring (bicyclic) bond motifs is 1. The van der Waals surface area contributed by atoms with Crippen molar-refractivity contribution < 1.29 is 9.53 Å². The van der Waals surface area contributed by atoms with Crippen LogP contribution in [0.1, 0.15) is 48.5 Å². The van der Waals surface area contributed by atoms with E-state index in [4.69, 9.17) is 4.74 Å². The molecule has 0 spiro atoms. The Morgan fingerprint density at radius 3 is 2.86 bits per heavy atom. The van der Waals surface area contributed by atoms with Gasteiger partial charge in [0.1, 0.15) is 17.4 Å². The molecule has 4 rings (SSSR count). The fraction of sp³-hybridized carbons (Fsp3) is 0.591. The first kappa shape index (κ1) is 19.9. The molecular weight excluding hydrogens is 366 g/mol. The Balaban J connectivity index is 1.47. The van der Waals surface area contributed by atoms with Crippen molar-refractivity contribution in [1.29, 1.82) is 0 Å². The second-order valence-electron chi connectivity index (χ2n) is 8.22. The molecule has 7 heteroatoms. The summed E-state index contributed by atoms with van der Waals surface area (Å²) in [6, 6.07) is 6.34. The molecule has 1 amide bonds. The maximum atomic E-state index is 11.8. The van der Waals surface area contributed by atoms with Crippen LogP contribution in [0.25, 0.3) is 0 Å². The molecule has 1 fully saturated rings. The molecule has 0 aliphatic carbocycles. The number of aryl methyl sites for hydroxylation is 1. The van der Waals surface area contributed by atoms with E-state index in [2.05, 4.69) is 44.8 Å². The summed E-state index contributed by atoms with van der Waals surface area (Å²) in [7, 11) is 1.75. The summed E-state index contributed by atoms with van der Waals surface area (Å²) >= 11 is 0. The van der Waals surface area contributed by atoms with Crippen LogP contribution in [0.5, 0.6) is 5.75 Å². The van der Waals surface area contributed by atoms with Gasteiger partial charge in [0.05, 0.1) is 7.11 Å². The fourth-order valence-corrected chi connectivity index (χ4v) is 4.69. The van der Waals surface area contributed by atoms with E-state index in [1.54, 1.807) is 14.0 Å². The topological polar surface area (TPSA) is 63.5 Å². The van der Waals surface area contributed by atoms with E-state index in [0.717, 1.165) is 75.9 Å². The van der Waals surface area contributed by atoms with Crippen LogP contribution in [-0.4, -0.2) is 63.8 Å². The quantitative estimate of drug-likeness (QED) is 0.793. The van der Waals surface area contributed by atoms with Crippen molar-refractivity contribution in [1.82, 2.24) is 24.6 Å². The zero-order valence-electron chi connectivity index (χ0n) is 17.7. The van der Waals surface area contributed by atoms with E-state index in [-0.39, 0.29) is 11.8 Å². The van der Waals surface area contributed by atoms with Crippen molar-refractivity contribution in [2.45, 2.75) is 52.1 Å². The van der Waals surface area contributed by atoms with Crippen molar-refractivity contribution in [2.24, 2.45) is 0 Å². The van der Waals surface area contributed by atoms with Crippen LogP contribution in [0.4, 0.5) is 0 Å². The van der Waals surface area contributed by atoms with Crippen molar-refractivity contribution in [2.75, 3.05) is 33.3 Å². The maximum absolute atomic E-state index is 11.8. The smallest absolute Gasteiger partial charge is 0.219 e. The highest BCUT2D eigenvalue weighted by Gasteiger charge is 2.29. The number of nitrogens with zero attached hydrogens (tertiary/aromatic N) is 5. The largest absolute Gasteiger partial charge is 0.496 e. The van der Waals surface area contributed by atoms with E-state index in [9.17, 15) is 4.79 Å². The lowest BCUT2D eigenvalue weighted by Gasteiger charge is -2.31. The minimum absolute atomic E-state index is 0.156. The van der Waals surface area contributed by atoms with Crippen LogP contribution in [0.3, 0.4) is 0 Å². The fourth-order valence-electron chi connectivity index (χ4n) is 4.69. The number of carbonyl (C=O) groups is 1. The predicted octanol–water partition coefficient (Wildman–Crippen LogP) is 2.38. The zero-order valence-corrected chi connectivity index (χ0v) is 17.7. The molecule has 2 aliphatic heterocycles. The van der Waals surface area contributed by atoms with Gasteiger partial charge < -0.3 is 14.2 Å². The Morgan fingerprint density at radius 2 is 2.07 bits per heavy atom.